The Hall–Kier alpha value is -3.86. The van der Waals surface area contributed by atoms with Crippen LogP contribution in [0.25, 0.3) is 6.08 Å². The summed E-state index contributed by atoms with van der Waals surface area (Å²) in [5.41, 5.74) is 3.27. The zero-order valence-electron chi connectivity index (χ0n) is 23.7. The van der Waals surface area contributed by atoms with Crippen LogP contribution in [0.5, 0.6) is 11.5 Å². The standard InChI is InChI=1S/C32H29IN4O5S/c1-3-37-31(39)28(43-32(37)35-25-10-6-9-22(18-25)30(38)36-11-13-41-14-12-36)17-21-15-26(33)29(27(16-21)40-2)42-20-24-8-5-4-7-23(24)19-34/h4-10,15-18H,3,11-14,20H2,1-2H3/b28-17+,35-32?. The molecule has 220 valence electrons. The lowest BCUT2D eigenvalue weighted by Gasteiger charge is -2.26. The molecule has 3 aromatic carbocycles. The van der Waals surface area contributed by atoms with Gasteiger partial charge in [0.15, 0.2) is 16.7 Å². The van der Waals surface area contributed by atoms with Crippen molar-refractivity contribution < 1.29 is 23.8 Å². The summed E-state index contributed by atoms with van der Waals surface area (Å²) in [5.74, 6) is 0.881. The lowest BCUT2D eigenvalue weighted by atomic mass is 10.1. The lowest BCUT2D eigenvalue weighted by molar-refractivity contribution is -0.122. The normalized spacial score (nSPS) is 16.9. The fraction of sp³-hybridized carbons (Fsp3) is 0.250. The number of halogens is 1. The number of thioether (sulfide) groups is 1. The van der Waals surface area contributed by atoms with Crippen LogP contribution in [-0.4, -0.2) is 66.7 Å². The van der Waals surface area contributed by atoms with E-state index in [9.17, 15) is 14.9 Å². The number of methoxy groups -OCH3 is 1. The number of morpholine rings is 1. The number of hydrogen-bond acceptors (Lipinski definition) is 8. The third-order valence-corrected chi connectivity index (χ3v) is 8.69. The van der Waals surface area contributed by atoms with Crippen LogP contribution in [0.15, 0.2) is 70.6 Å². The maximum absolute atomic E-state index is 13.3. The van der Waals surface area contributed by atoms with Crippen LogP contribution < -0.4 is 9.47 Å². The molecule has 9 nitrogen and oxygen atoms in total. The first-order chi connectivity index (χ1) is 20.9. The van der Waals surface area contributed by atoms with Gasteiger partial charge in [0.1, 0.15) is 6.61 Å². The third-order valence-electron chi connectivity index (χ3n) is 6.88. The van der Waals surface area contributed by atoms with Gasteiger partial charge in [0.2, 0.25) is 0 Å². The second-order valence-electron chi connectivity index (χ2n) is 9.60. The minimum absolute atomic E-state index is 0.0568. The van der Waals surface area contributed by atoms with Crippen molar-refractivity contribution in [1.82, 2.24) is 9.80 Å². The highest BCUT2D eigenvalue weighted by Gasteiger charge is 2.32. The first-order valence-electron chi connectivity index (χ1n) is 13.7. The average Bonchev–Trinajstić information content (AvgIpc) is 3.33. The van der Waals surface area contributed by atoms with Gasteiger partial charge in [-0.3, -0.25) is 14.5 Å². The maximum Gasteiger partial charge on any atom is 0.266 e. The number of rotatable bonds is 8. The molecule has 2 fully saturated rings. The Kier molecular flexibility index (Phi) is 10.0. The summed E-state index contributed by atoms with van der Waals surface area (Å²) >= 11 is 3.47. The Morgan fingerprint density at radius 2 is 1.95 bits per heavy atom. The van der Waals surface area contributed by atoms with E-state index in [1.807, 2.05) is 49.4 Å². The van der Waals surface area contributed by atoms with E-state index in [0.717, 1.165) is 14.7 Å². The summed E-state index contributed by atoms with van der Waals surface area (Å²) in [4.78, 5) is 35.0. The molecule has 0 bridgehead atoms. The first-order valence-corrected chi connectivity index (χ1v) is 15.6. The van der Waals surface area contributed by atoms with E-state index in [-0.39, 0.29) is 18.4 Å². The Morgan fingerprint density at radius 1 is 1.16 bits per heavy atom. The van der Waals surface area contributed by atoms with Crippen molar-refractivity contribution in [2.75, 3.05) is 40.0 Å². The molecular formula is C32H29IN4O5S. The smallest absolute Gasteiger partial charge is 0.266 e. The SMILES string of the molecule is CCN1C(=O)/C(=C\c2cc(I)c(OCc3ccccc3C#N)c(OC)c2)SC1=Nc1cccc(C(=O)N2CCOCC2)c1. The number of hydrogen-bond donors (Lipinski definition) is 0. The molecule has 0 spiro atoms. The van der Waals surface area contributed by atoms with E-state index in [4.69, 9.17) is 19.2 Å². The van der Waals surface area contributed by atoms with Gasteiger partial charge in [-0.2, -0.15) is 5.26 Å². The summed E-state index contributed by atoms with van der Waals surface area (Å²) in [7, 11) is 1.56. The molecule has 2 amide bonds. The molecule has 5 rings (SSSR count). The fourth-order valence-corrected chi connectivity index (χ4v) is 6.50. The van der Waals surface area contributed by atoms with Crippen LogP contribution in [-0.2, 0) is 16.1 Å². The van der Waals surface area contributed by atoms with E-state index >= 15 is 0 Å². The number of amides is 2. The molecule has 0 N–H and O–H groups in total. The number of benzene rings is 3. The van der Waals surface area contributed by atoms with Crippen LogP contribution in [0.2, 0.25) is 0 Å². The van der Waals surface area contributed by atoms with E-state index in [1.165, 1.54) is 11.8 Å². The van der Waals surface area contributed by atoms with Crippen LogP contribution >= 0.6 is 34.4 Å². The van der Waals surface area contributed by atoms with Crippen LogP contribution in [0.3, 0.4) is 0 Å². The van der Waals surface area contributed by atoms with E-state index in [1.54, 1.807) is 41.2 Å². The number of likely N-dealkylation sites (N-methyl/N-ethyl adjacent to an activating group) is 1. The van der Waals surface area contributed by atoms with Crippen LogP contribution in [0, 0.1) is 14.9 Å². The highest BCUT2D eigenvalue weighted by Crippen LogP contribution is 2.38. The highest BCUT2D eigenvalue weighted by atomic mass is 127. The third kappa shape index (κ3) is 7.04. The molecule has 11 heteroatoms. The average molecular weight is 709 g/mol. The number of ether oxygens (including phenoxy) is 3. The highest BCUT2D eigenvalue weighted by molar-refractivity contribution is 14.1. The molecule has 2 saturated heterocycles. The lowest BCUT2D eigenvalue weighted by Crippen LogP contribution is -2.40. The van der Waals surface area contributed by atoms with Gasteiger partial charge in [-0.1, -0.05) is 24.3 Å². The summed E-state index contributed by atoms with van der Waals surface area (Å²) < 4.78 is 17.9. The predicted octanol–water partition coefficient (Wildman–Crippen LogP) is 5.85. The van der Waals surface area contributed by atoms with E-state index in [0.29, 0.717) is 71.2 Å². The molecule has 2 heterocycles. The summed E-state index contributed by atoms with van der Waals surface area (Å²) in [5, 5.41) is 9.94. The van der Waals surface area contributed by atoms with Crippen molar-refractivity contribution in [3.8, 4) is 17.6 Å². The van der Waals surface area contributed by atoms with Gasteiger partial charge in [-0.25, -0.2) is 4.99 Å². The Labute approximate surface area is 268 Å². The van der Waals surface area contributed by atoms with E-state index < -0.39 is 0 Å². The van der Waals surface area contributed by atoms with Crippen molar-refractivity contribution in [3.05, 3.63) is 91.4 Å². The predicted molar refractivity (Wildman–Crippen MR) is 174 cm³/mol. The Morgan fingerprint density at radius 3 is 2.70 bits per heavy atom. The fourth-order valence-electron chi connectivity index (χ4n) is 4.66. The van der Waals surface area contributed by atoms with Crippen LogP contribution in [0.1, 0.15) is 34.0 Å². The minimum Gasteiger partial charge on any atom is -0.493 e. The number of nitriles is 1. The molecular weight excluding hydrogens is 679 g/mol. The largest absolute Gasteiger partial charge is 0.493 e. The second kappa shape index (κ2) is 14.1. The van der Waals surface area contributed by atoms with Crippen molar-refractivity contribution in [2.45, 2.75) is 13.5 Å². The molecule has 0 aliphatic carbocycles. The first kappa shape index (κ1) is 30.6. The van der Waals surface area contributed by atoms with Gasteiger partial charge in [0.25, 0.3) is 11.8 Å². The van der Waals surface area contributed by atoms with Crippen molar-refractivity contribution in [2.24, 2.45) is 4.99 Å². The monoisotopic (exact) mass is 708 g/mol. The molecule has 2 aliphatic rings. The molecule has 0 saturated carbocycles. The van der Waals surface area contributed by atoms with Gasteiger partial charge in [0.05, 0.1) is 46.1 Å². The number of nitrogens with zero attached hydrogens (tertiary/aromatic N) is 4. The Balaban J connectivity index is 1.37. The topological polar surface area (TPSA) is 104 Å². The Bertz CT molecular complexity index is 1640. The molecule has 2 aliphatic heterocycles. The quantitative estimate of drug-likeness (QED) is 0.214. The zero-order valence-corrected chi connectivity index (χ0v) is 26.7. The number of carbonyl (C=O) groups is 2. The van der Waals surface area contributed by atoms with Gasteiger partial charge in [-0.15, -0.1) is 0 Å². The van der Waals surface area contributed by atoms with Gasteiger partial charge in [-0.05, 0) is 89.3 Å². The van der Waals surface area contributed by atoms with E-state index in [2.05, 4.69) is 28.7 Å². The minimum atomic E-state index is -0.144. The van der Waals surface area contributed by atoms with Gasteiger partial charge < -0.3 is 19.1 Å². The maximum atomic E-state index is 13.3. The summed E-state index contributed by atoms with van der Waals surface area (Å²) in [6.07, 6.45) is 1.82. The second-order valence-corrected chi connectivity index (χ2v) is 11.8. The zero-order chi connectivity index (χ0) is 30.3. The van der Waals surface area contributed by atoms with Gasteiger partial charge >= 0.3 is 0 Å². The summed E-state index contributed by atoms with van der Waals surface area (Å²) in [6, 6.07) is 20.4. The molecule has 0 unspecified atom stereocenters. The number of aliphatic imine (C=N–C) groups is 1. The molecule has 3 aromatic rings. The van der Waals surface area contributed by atoms with Crippen molar-refractivity contribution >= 4 is 63.1 Å². The summed E-state index contributed by atoms with van der Waals surface area (Å²) in [6.45, 7) is 4.76. The molecule has 43 heavy (non-hydrogen) atoms. The van der Waals surface area contributed by atoms with Gasteiger partial charge in [0, 0.05) is 30.8 Å². The van der Waals surface area contributed by atoms with Crippen molar-refractivity contribution in [1.29, 1.82) is 5.26 Å². The number of amidine groups is 1. The number of carbonyl (C=O) groups excluding carboxylic acids is 2. The molecule has 0 radical (unpaired) electrons. The molecule has 0 aromatic heterocycles. The van der Waals surface area contributed by atoms with Crippen LogP contribution in [0.4, 0.5) is 5.69 Å². The molecule has 0 atom stereocenters. The van der Waals surface area contributed by atoms with Crippen molar-refractivity contribution in [3.63, 3.8) is 0 Å².